The minimum absolute atomic E-state index is 0.275. The maximum Gasteiger partial charge on any atom is 0.143 e. The van der Waals surface area contributed by atoms with Gasteiger partial charge in [-0.05, 0) is 26.0 Å². The molecule has 0 bridgehead atoms. The van der Waals surface area contributed by atoms with Crippen LogP contribution in [-0.2, 0) is 11.4 Å². The van der Waals surface area contributed by atoms with E-state index in [9.17, 15) is 0 Å². The normalized spacial score (nSPS) is 11.7. The van der Waals surface area contributed by atoms with Gasteiger partial charge in [-0.25, -0.2) is 0 Å². The molecule has 0 saturated carbocycles. The second-order valence-corrected chi connectivity index (χ2v) is 4.83. The Morgan fingerprint density at radius 2 is 2.21 bits per heavy atom. The number of hydrogen-bond acceptors (Lipinski definition) is 4. The number of aryl methyl sites for hydroxylation is 1. The summed E-state index contributed by atoms with van der Waals surface area (Å²) in [7, 11) is 0. The van der Waals surface area contributed by atoms with E-state index >= 15 is 0 Å². The first-order chi connectivity index (χ1) is 9.08. The van der Waals surface area contributed by atoms with E-state index in [1.54, 1.807) is 24.4 Å². The quantitative estimate of drug-likeness (QED) is 0.627. The van der Waals surface area contributed by atoms with Crippen LogP contribution in [0.5, 0.6) is 0 Å². The van der Waals surface area contributed by atoms with Crippen molar-refractivity contribution in [3.8, 4) is 0 Å². The Morgan fingerprint density at radius 1 is 1.42 bits per heavy atom. The van der Waals surface area contributed by atoms with Gasteiger partial charge in [-0.15, -0.1) is 0 Å². The zero-order valence-electron chi connectivity index (χ0n) is 10.5. The highest BCUT2D eigenvalue weighted by Crippen LogP contribution is 2.21. The van der Waals surface area contributed by atoms with E-state index in [1.807, 2.05) is 13.8 Å². The average Bonchev–Trinajstić information content (AvgIpc) is 2.78. The van der Waals surface area contributed by atoms with Crippen LogP contribution in [0.3, 0.4) is 0 Å². The van der Waals surface area contributed by atoms with Crippen molar-refractivity contribution in [1.29, 1.82) is 0 Å². The Kier molecular flexibility index (Phi) is 4.45. The van der Waals surface area contributed by atoms with Crippen molar-refractivity contribution in [2.75, 3.05) is 0 Å². The first kappa shape index (κ1) is 13.9. The summed E-state index contributed by atoms with van der Waals surface area (Å²) in [5, 5.41) is 8.85. The van der Waals surface area contributed by atoms with E-state index in [2.05, 4.69) is 10.3 Å². The lowest BCUT2D eigenvalue weighted by Crippen LogP contribution is -1.97. The molecule has 19 heavy (non-hydrogen) atoms. The van der Waals surface area contributed by atoms with Gasteiger partial charge in [-0.1, -0.05) is 39.6 Å². The molecule has 0 atom stereocenters. The second kappa shape index (κ2) is 6.08. The fraction of sp³-hybridized carbons (Fsp3) is 0.231. The number of aromatic nitrogens is 1. The highest BCUT2D eigenvalue weighted by molar-refractivity contribution is 6.35. The SMILES string of the molecule is C/C(=N/OCc1ccc(Cl)cc1Cl)c1cnoc1C. The van der Waals surface area contributed by atoms with E-state index < -0.39 is 0 Å². The maximum absolute atomic E-state index is 6.03. The summed E-state index contributed by atoms with van der Waals surface area (Å²) >= 11 is 11.8. The topological polar surface area (TPSA) is 47.6 Å². The lowest BCUT2D eigenvalue weighted by molar-refractivity contribution is 0.130. The van der Waals surface area contributed by atoms with Crippen molar-refractivity contribution in [1.82, 2.24) is 5.16 Å². The Hall–Kier alpha value is -1.52. The molecule has 0 aliphatic heterocycles. The van der Waals surface area contributed by atoms with Gasteiger partial charge in [-0.3, -0.25) is 0 Å². The summed E-state index contributed by atoms with van der Waals surface area (Å²) < 4.78 is 4.96. The monoisotopic (exact) mass is 298 g/mol. The molecule has 1 aromatic heterocycles. The highest BCUT2D eigenvalue weighted by atomic mass is 35.5. The fourth-order valence-electron chi connectivity index (χ4n) is 1.53. The van der Waals surface area contributed by atoms with Gasteiger partial charge in [0.2, 0.25) is 0 Å². The number of oxime groups is 1. The standard InChI is InChI=1S/C13H12Cl2N2O2/c1-8(12-6-16-19-9(12)2)17-18-7-10-3-4-11(14)5-13(10)15/h3-6H,7H2,1-2H3/b17-8-. The van der Waals surface area contributed by atoms with E-state index in [1.165, 1.54) is 0 Å². The van der Waals surface area contributed by atoms with E-state index in [4.69, 9.17) is 32.6 Å². The molecule has 0 radical (unpaired) electrons. The predicted molar refractivity (Wildman–Crippen MR) is 74.7 cm³/mol. The molecule has 2 rings (SSSR count). The van der Waals surface area contributed by atoms with Crippen LogP contribution in [0.25, 0.3) is 0 Å². The molecule has 0 unspecified atom stereocenters. The molecule has 0 amide bonds. The molecule has 2 aromatic rings. The van der Waals surface area contributed by atoms with Crippen molar-refractivity contribution in [3.63, 3.8) is 0 Å². The van der Waals surface area contributed by atoms with Crippen LogP contribution >= 0.6 is 23.2 Å². The molecular formula is C13H12Cl2N2O2. The van der Waals surface area contributed by atoms with Gasteiger partial charge in [-0.2, -0.15) is 0 Å². The van der Waals surface area contributed by atoms with Crippen LogP contribution in [0.2, 0.25) is 10.0 Å². The van der Waals surface area contributed by atoms with Crippen molar-refractivity contribution in [2.45, 2.75) is 20.5 Å². The molecule has 1 heterocycles. The number of hydrogen-bond donors (Lipinski definition) is 0. The van der Waals surface area contributed by atoms with Gasteiger partial charge in [0.25, 0.3) is 0 Å². The third-order valence-corrected chi connectivity index (χ3v) is 3.16. The van der Waals surface area contributed by atoms with Crippen molar-refractivity contribution in [2.24, 2.45) is 5.16 Å². The largest absolute Gasteiger partial charge is 0.391 e. The Bertz CT molecular complexity index is 608. The summed E-state index contributed by atoms with van der Waals surface area (Å²) in [6, 6.07) is 5.23. The number of rotatable bonds is 4. The van der Waals surface area contributed by atoms with Gasteiger partial charge in [0.15, 0.2) is 0 Å². The van der Waals surface area contributed by atoms with E-state index in [-0.39, 0.29) is 6.61 Å². The second-order valence-electron chi connectivity index (χ2n) is 3.98. The third kappa shape index (κ3) is 3.49. The molecule has 100 valence electrons. The molecular weight excluding hydrogens is 287 g/mol. The molecule has 0 fully saturated rings. The van der Waals surface area contributed by atoms with Crippen LogP contribution < -0.4 is 0 Å². The summed E-state index contributed by atoms with van der Waals surface area (Å²) in [5.74, 6) is 0.703. The zero-order chi connectivity index (χ0) is 13.8. The number of halogens is 2. The van der Waals surface area contributed by atoms with Crippen LogP contribution in [-0.4, -0.2) is 10.9 Å². The summed E-state index contributed by atoms with van der Waals surface area (Å²) in [6.07, 6.45) is 1.60. The number of nitrogens with zero attached hydrogens (tertiary/aromatic N) is 2. The minimum atomic E-state index is 0.275. The lowest BCUT2D eigenvalue weighted by Gasteiger charge is -2.04. The zero-order valence-corrected chi connectivity index (χ0v) is 12.0. The summed E-state index contributed by atoms with van der Waals surface area (Å²) in [4.78, 5) is 5.27. The molecule has 0 saturated heterocycles. The maximum atomic E-state index is 6.03. The van der Waals surface area contributed by atoms with Crippen molar-refractivity contribution < 1.29 is 9.36 Å². The molecule has 0 N–H and O–H groups in total. The summed E-state index contributed by atoms with van der Waals surface area (Å²) in [5.41, 5.74) is 2.34. The molecule has 4 nitrogen and oxygen atoms in total. The van der Waals surface area contributed by atoms with Crippen molar-refractivity contribution >= 4 is 28.9 Å². The van der Waals surface area contributed by atoms with Gasteiger partial charge >= 0.3 is 0 Å². The highest BCUT2D eigenvalue weighted by Gasteiger charge is 2.07. The summed E-state index contributed by atoms with van der Waals surface area (Å²) in [6.45, 7) is 3.91. The molecule has 6 heteroatoms. The van der Waals surface area contributed by atoms with E-state index in [0.717, 1.165) is 11.1 Å². The third-order valence-electron chi connectivity index (χ3n) is 2.58. The Balaban J connectivity index is 2.01. The molecule has 0 aliphatic carbocycles. The van der Waals surface area contributed by atoms with Crippen LogP contribution in [0.15, 0.2) is 34.1 Å². The van der Waals surface area contributed by atoms with Gasteiger partial charge in [0, 0.05) is 15.6 Å². The Morgan fingerprint density at radius 3 is 2.84 bits per heavy atom. The Labute approximate surface area is 120 Å². The van der Waals surface area contributed by atoms with Crippen LogP contribution in [0.4, 0.5) is 0 Å². The lowest BCUT2D eigenvalue weighted by atomic mass is 10.2. The molecule has 0 spiro atoms. The first-order valence-corrected chi connectivity index (χ1v) is 6.35. The van der Waals surface area contributed by atoms with Crippen LogP contribution in [0.1, 0.15) is 23.8 Å². The van der Waals surface area contributed by atoms with Gasteiger partial charge < -0.3 is 9.36 Å². The van der Waals surface area contributed by atoms with Gasteiger partial charge in [0.1, 0.15) is 12.4 Å². The first-order valence-electron chi connectivity index (χ1n) is 5.60. The van der Waals surface area contributed by atoms with Gasteiger partial charge in [0.05, 0.1) is 17.5 Å². The molecule has 1 aromatic carbocycles. The minimum Gasteiger partial charge on any atom is -0.391 e. The predicted octanol–water partition coefficient (Wildman–Crippen LogP) is 4.23. The van der Waals surface area contributed by atoms with E-state index in [0.29, 0.717) is 21.5 Å². The molecule has 0 aliphatic rings. The van der Waals surface area contributed by atoms with Crippen molar-refractivity contribution in [3.05, 3.63) is 51.3 Å². The number of benzene rings is 1. The van der Waals surface area contributed by atoms with Crippen LogP contribution in [0, 0.1) is 6.92 Å². The average molecular weight is 299 g/mol. The smallest absolute Gasteiger partial charge is 0.143 e. The fourth-order valence-corrected chi connectivity index (χ4v) is 2.00.